The van der Waals surface area contributed by atoms with E-state index in [1.165, 1.54) is 16.5 Å². The van der Waals surface area contributed by atoms with Crippen molar-refractivity contribution in [3.05, 3.63) is 66.0 Å². The van der Waals surface area contributed by atoms with E-state index in [4.69, 9.17) is 0 Å². The largest absolute Gasteiger partial charge is 0.508 e. The molecule has 2 aromatic carbocycles. The first kappa shape index (κ1) is 16.8. The summed E-state index contributed by atoms with van der Waals surface area (Å²) in [5, 5.41) is 12.7. The highest BCUT2D eigenvalue weighted by molar-refractivity contribution is 5.88. The number of benzene rings is 2. The Kier molecular flexibility index (Phi) is 3.65. The van der Waals surface area contributed by atoms with Crippen molar-refractivity contribution in [2.45, 2.75) is 39.2 Å². The summed E-state index contributed by atoms with van der Waals surface area (Å²) >= 11 is 0. The average molecular weight is 346 g/mol. The van der Waals surface area contributed by atoms with Gasteiger partial charge in [-0.2, -0.15) is 0 Å². The van der Waals surface area contributed by atoms with E-state index in [2.05, 4.69) is 86.6 Å². The van der Waals surface area contributed by atoms with Gasteiger partial charge in [-0.15, -0.1) is 0 Å². The molecule has 26 heavy (non-hydrogen) atoms. The maximum atomic E-state index is 10.3. The average Bonchev–Trinajstić information content (AvgIpc) is 3.16. The Morgan fingerprint density at radius 2 is 1.77 bits per heavy atom. The van der Waals surface area contributed by atoms with Crippen LogP contribution in [0.5, 0.6) is 5.75 Å². The molecule has 4 aromatic rings. The molecule has 0 radical (unpaired) electrons. The van der Waals surface area contributed by atoms with Crippen LogP contribution in [-0.2, 0) is 12.6 Å². The SMILES string of the molecule is CC(C)c1cn(C(C)(C)c2cc(O)cc3ccn(C)c23)c2ccccc12. The third-order valence-electron chi connectivity index (χ3n) is 5.58. The molecule has 0 aliphatic carbocycles. The van der Waals surface area contributed by atoms with Gasteiger partial charge in [0.25, 0.3) is 0 Å². The fourth-order valence-electron chi connectivity index (χ4n) is 4.15. The molecule has 3 nitrogen and oxygen atoms in total. The number of phenols is 1. The van der Waals surface area contributed by atoms with Crippen molar-refractivity contribution in [3.63, 3.8) is 0 Å². The molecule has 0 amide bonds. The molecule has 0 saturated carbocycles. The van der Waals surface area contributed by atoms with Crippen LogP contribution in [0.2, 0.25) is 0 Å². The molecule has 0 saturated heterocycles. The third kappa shape index (κ3) is 2.34. The molecule has 0 unspecified atom stereocenters. The predicted octanol–water partition coefficient (Wildman–Crippen LogP) is 5.75. The number of aryl methyl sites for hydroxylation is 1. The number of hydrogen-bond donors (Lipinski definition) is 1. The number of hydrogen-bond acceptors (Lipinski definition) is 1. The van der Waals surface area contributed by atoms with E-state index in [1.807, 2.05) is 12.1 Å². The van der Waals surface area contributed by atoms with Gasteiger partial charge < -0.3 is 14.2 Å². The van der Waals surface area contributed by atoms with Gasteiger partial charge in [0, 0.05) is 41.3 Å². The molecule has 4 rings (SSSR count). The molecular weight excluding hydrogens is 320 g/mol. The Morgan fingerprint density at radius 3 is 2.50 bits per heavy atom. The quantitative estimate of drug-likeness (QED) is 0.503. The zero-order valence-corrected chi connectivity index (χ0v) is 16.1. The van der Waals surface area contributed by atoms with Crippen LogP contribution in [-0.4, -0.2) is 14.2 Å². The first-order chi connectivity index (χ1) is 12.3. The summed E-state index contributed by atoms with van der Waals surface area (Å²) in [5.74, 6) is 0.767. The van der Waals surface area contributed by atoms with Crippen LogP contribution in [0.1, 0.15) is 44.7 Å². The van der Waals surface area contributed by atoms with Crippen LogP contribution in [0.3, 0.4) is 0 Å². The van der Waals surface area contributed by atoms with Crippen molar-refractivity contribution in [2.75, 3.05) is 0 Å². The Bertz CT molecular complexity index is 1110. The summed E-state index contributed by atoms with van der Waals surface area (Å²) < 4.78 is 4.50. The van der Waals surface area contributed by atoms with Gasteiger partial charge in [-0.05, 0) is 49.6 Å². The Hall–Kier alpha value is -2.68. The first-order valence-corrected chi connectivity index (χ1v) is 9.19. The molecule has 2 heterocycles. The normalized spacial score (nSPS) is 12.5. The smallest absolute Gasteiger partial charge is 0.116 e. The lowest BCUT2D eigenvalue weighted by molar-refractivity contribution is 0.441. The minimum absolute atomic E-state index is 0.310. The molecule has 0 atom stereocenters. The number of fused-ring (bicyclic) bond motifs is 2. The van der Waals surface area contributed by atoms with Gasteiger partial charge in [0.1, 0.15) is 5.75 Å². The maximum Gasteiger partial charge on any atom is 0.116 e. The van der Waals surface area contributed by atoms with Gasteiger partial charge in [-0.25, -0.2) is 0 Å². The van der Waals surface area contributed by atoms with Crippen LogP contribution >= 0.6 is 0 Å². The topological polar surface area (TPSA) is 30.1 Å². The van der Waals surface area contributed by atoms with E-state index >= 15 is 0 Å². The third-order valence-corrected chi connectivity index (χ3v) is 5.58. The maximum absolute atomic E-state index is 10.3. The molecule has 0 aliphatic heterocycles. The van der Waals surface area contributed by atoms with Crippen LogP contribution in [0.15, 0.2) is 54.9 Å². The summed E-state index contributed by atoms with van der Waals surface area (Å²) in [5.41, 5.74) is 4.56. The fourth-order valence-corrected chi connectivity index (χ4v) is 4.15. The molecule has 2 aromatic heterocycles. The highest BCUT2D eigenvalue weighted by Crippen LogP contribution is 2.39. The molecule has 0 spiro atoms. The lowest BCUT2D eigenvalue weighted by Gasteiger charge is -2.30. The first-order valence-electron chi connectivity index (χ1n) is 9.19. The number of aromatic nitrogens is 2. The lowest BCUT2D eigenvalue weighted by atomic mass is 9.91. The van der Waals surface area contributed by atoms with Crippen molar-refractivity contribution >= 4 is 21.8 Å². The second kappa shape index (κ2) is 5.66. The van der Waals surface area contributed by atoms with Crippen LogP contribution in [0.4, 0.5) is 0 Å². The summed E-state index contributed by atoms with van der Waals surface area (Å²) in [4.78, 5) is 0. The molecule has 0 aliphatic rings. The van der Waals surface area contributed by atoms with Crippen LogP contribution in [0, 0.1) is 0 Å². The number of para-hydroxylation sites is 1. The second-order valence-electron chi connectivity index (χ2n) is 8.04. The number of phenolic OH excluding ortho intramolecular Hbond substituents is 1. The van der Waals surface area contributed by atoms with E-state index < -0.39 is 0 Å². The lowest BCUT2D eigenvalue weighted by Crippen LogP contribution is -2.27. The number of aromatic hydroxyl groups is 1. The summed E-state index contributed by atoms with van der Waals surface area (Å²) in [6.07, 6.45) is 4.34. The summed E-state index contributed by atoms with van der Waals surface area (Å²) in [6.45, 7) is 8.93. The molecular formula is C23H26N2O. The van der Waals surface area contributed by atoms with E-state index in [0.717, 1.165) is 16.5 Å². The summed E-state index contributed by atoms with van der Waals surface area (Å²) in [7, 11) is 2.06. The number of rotatable bonds is 3. The van der Waals surface area contributed by atoms with Crippen molar-refractivity contribution in [2.24, 2.45) is 7.05 Å². The van der Waals surface area contributed by atoms with Crippen LogP contribution < -0.4 is 0 Å². The Balaban J connectivity index is 2.05. The van der Waals surface area contributed by atoms with E-state index in [0.29, 0.717) is 11.7 Å². The Labute approximate surface area is 154 Å². The fraction of sp³-hybridized carbons (Fsp3) is 0.304. The monoisotopic (exact) mass is 346 g/mol. The minimum Gasteiger partial charge on any atom is -0.508 e. The molecule has 1 N–H and O–H groups in total. The van der Waals surface area contributed by atoms with E-state index in [9.17, 15) is 5.11 Å². The summed E-state index contributed by atoms with van der Waals surface area (Å²) in [6, 6.07) is 14.4. The highest BCUT2D eigenvalue weighted by atomic mass is 16.3. The van der Waals surface area contributed by atoms with Gasteiger partial charge in [0.15, 0.2) is 0 Å². The van der Waals surface area contributed by atoms with Crippen molar-refractivity contribution in [1.82, 2.24) is 9.13 Å². The van der Waals surface area contributed by atoms with Crippen molar-refractivity contribution < 1.29 is 5.11 Å². The predicted molar refractivity (Wildman–Crippen MR) is 109 cm³/mol. The van der Waals surface area contributed by atoms with Gasteiger partial charge in [0.05, 0.1) is 11.1 Å². The number of nitrogens with zero attached hydrogens (tertiary/aromatic N) is 2. The van der Waals surface area contributed by atoms with Crippen LogP contribution in [0.25, 0.3) is 21.8 Å². The van der Waals surface area contributed by atoms with Gasteiger partial charge in [-0.1, -0.05) is 32.0 Å². The Morgan fingerprint density at radius 1 is 1.04 bits per heavy atom. The zero-order chi connectivity index (χ0) is 18.6. The molecule has 0 fully saturated rings. The van der Waals surface area contributed by atoms with Crippen molar-refractivity contribution in [3.8, 4) is 5.75 Å². The van der Waals surface area contributed by atoms with E-state index in [1.54, 1.807) is 0 Å². The highest BCUT2D eigenvalue weighted by Gasteiger charge is 2.29. The second-order valence-corrected chi connectivity index (χ2v) is 8.04. The molecule has 3 heteroatoms. The van der Waals surface area contributed by atoms with Crippen molar-refractivity contribution in [1.29, 1.82) is 0 Å². The van der Waals surface area contributed by atoms with Gasteiger partial charge in [-0.3, -0.25) is 0 Å². The van der Waals surface area contributed by atoms with Gasteiger partial charge in [0.2, 0.25) is 0 Å². The van der Waals surface area contributed by atoms with E-state index in [-0.39, 0.29) is 5.54 Å². The molecule has 134 valence electrons. The molecule has 0 bridgehead atoms. The van der Waals surface area contributed by atoms with Gasteiger partial charge >= 0.3 is 0 Å². The minimum atomic E-state index is -0.310. The zero-order valence-electron chi connectivity index (χ0n) is 16.1. The standard InChI is InChI=1S/C23H26N2O/c1-15(2)19-14-25(21-9-7-6-8-18(19)21)23(3,4)20-13-17(26)12-16-10-11-24(5)22(16)20/h6-15,26H,1-5H3.